The van der Waals surface area contributed by atoms with Gasteiger partial charge in [0.1, 0.15) is 5.76 Å². The van der Waals surface area contributed by atoms with Crippen LogP contribution < -0.4 is 0 Å². The number of fused-ring (bicyclic) bond motifs is 1. The second-order valence-electron chi connectivity index (χ2n) is 5.77. The van der Waals surface area contributed by atoms with Gasteiger partial charge in [-0.1, -0.05) is 13.8 Å². The van der Waals surface area contributed by atoms with Crippen molar-refractivity contribution >= 4 is 5.91 Å². The highest BCUT2D eigenvalue weighted by molar-refractivity contribution is 5.93. The summed E-state index contributed by atoms with van der Waals surface area (Å²) >= 11 is 0. The fraction of sp³-hybridized carbons (Fsp3) is 0.562. The minimum absolute atomic E-state index is 0.108. The Balaban J connectivity index is 1.83. The first kappa shape index (κ1) is 15.7. The molecule has 0 saturated carbocycles. The van der Waals surface area contributed by atoms with Gasteiger partial charge in [-0.3, -0.25) is 9.48 Å². The summed E-state index contributed by atoms with van der Waals surface area (Å²) in [6, 6.07) is 1.89. The number of aliphatic hydroxyl groups excluding tert-OH is 1. The number of nitrogens with zero attached hydrogens (tertiary/aromatic N) is 4. The summed E-state index contributed by atoms with van der Waals surface area (Å²) in [5, 5.41) is 14.4. The quantitative estimate of drug-likeness (QED) is 0.931. The molecule has 0 aromatic carbocycles. The largest absolute Gasteiger partial charge is 0.448 e. The van der Waals surface area contributed by atoms with Gasteiger partial charge < -0.3 is 14.4 Å². The van der Waals surface area contributed by atoms with Crippen molar-refractivity contribution in [3.63, 3.8) is 0 Å². The molecular formula is C16H22N4O3. The van der Waals surface area contributed by atoms with E-state index in [1.165, 1.54) is 6.39 Å². The maximum atomic E-state index is 12.7. The summed E-state index contributed by atoms with van der Waals surface area (Å²) in [5.74, 6) is 0.512. The minimum Gasteiger partial charge on any atom is -0.448 e. The summed E-state index contributed by atoms with van der Waals surface area (Å²) in [5.41, 5.74) is 2.02. The molecule has 3 heterocycles. The Bertz CT molecular complexity index is 691. The molecule has 0 radical (unpaired) electrons. The third-order valence-electron chi connectivity index (χ3n) is 4.21. The first-order chi connectivity index (χ1) is 11.1. The molecule has 0 saturated heterocycles. The Morgan fingerprint density at radius 2 is 2.26 bits per heavy atom. The Labute approximate surface area is 134 Å². The predicted octanol–water partition coefficient (Wildman–Crippen LogP) is 1.92. The van der Waals surface area contributed by atoms with Gasteiger partial charge in [-0.2, -0.15) is 5.10 Å². The number of hydrogen-bond donors (Lipinski definition) is 1. The molecule has 1 N–H and O–H groups in total. The fourth-order valence-corrected chi connectivity index (χ4v) is 2.88. The number of carbonyl (C=O) groups is 1. The molecule has 0 spiro atoms. The molecule has 124 valence electrons. The number of aryl methyl sites for hydroxylation is 2. The van der Waals surface area contributed by atoms with Crippen molar-refractivity contribution in [1.29, 1.82) is 0 Å². The van der Waals surface area contributed by atoms with Crippen LogP contribution in [0.1, 0.15) is 60.4 Å². The third kappa shape index (κ3) is 3.01. The summed E-state index contributed by atoms with van der Waals surface area (Å²) in [6.45, 7) is 5.73. The molecule has 1 atom stereocenters. The van der Waals surface area contributed by atoms with E-state index in [0.29, 0.717) is 43.1 Å². The van der Waals surface area contributed by atoms with E-state index in [0.717, 1.165) is 18.7 Å². The van der Waals surface area contributed by atoms with Gasteiger partial charge in [0.2, 0.25) is 0 Å². The van der Waals surface area contributed by atoms with E-state index in [2.05, 4.69) is 10.1 Å². The molecule has 0 aliphatic carbocycles. The van der Waals surface area contributed by atoms with E-state index in [1.54, 1.807) is 4.90 Å². The fourth-order valence-electron chi connectivity index (χ4n) is 2.88. The highest BCUT2D eigenvalue weighted by Gasteiger charge is 2.26. The van der Waals surface area contributed by atoms with Crippen LogP contribution in [0.3, 0.4) is 0 Å². The van der Waals surface area contributed by atoms with Crippen molar-refractivity contribution in [1.82, 2.24) is 19.7 Å². The van der Waals surface area contributed by atoms with Gasteiger partial charge in [-0.15, -0.1) is 0 Å². The van der Waals surface area contributed by atoms with Gasteiger partial charge in [0.05, 0.1) is 24.0 Å². The zero-order valence-electron chi connectivity index (χ0n) is 13.5. The maximum absolute atomic E-state index is 12.7. The molecule has 1 amide bonds. The highest BCUT2D eigenvalue weighted by Crippen LogP contribution is 2.21. The van der Waals surface area contributed by atoms with Crippen molar-refractivity contribution in [2.75, 3.05) is 6.54 Å². The third-order valence-corrected chi connectivity index (χ3v) is 4.21. The van der Waals surface area contributed by atoms with Gasteiger partial charge in [0.25, 0.3) is 5.91 Å². The second-order valence-corrected chi connectivity index (χ2v) is 5.77. The number of hydrogen-bond acceptors (Lipinski definition) is 5. The number of amides is 1. The molecule has 2 aromatic heterocycles. The number of rotatable bonds is 4. The van der Waals surface area contributed by atoms with E-state index in [1.807, 2.05) is 24.6 Å². The average molecular weight is 318 g/mol. The van der Waals surface area contributed by atoms with E-state index in [9.17, 15) is 9.90 Å². The summed E-state index contributed by atoms with van der Waals surface area (Å²) in [7, 11) is 0. The number of oxazole rings is 1. The van der Waals surface area contributed by atoms with Crippen LogP contribution in [0.25, 0.3) is 0 Å². The van der Waals surface area contributed by atoms with Crippen LogP contribution in [0.2, 0.25) is 0 Å². The van der Waals surface area contributed by atoms with Crippen LogP contribution in [-0.4, -0.2) is 37.2 Å². The summed E-state index contributed by atoms with van der Waals surface area (Å²) < 4.78 is 7.16. The molecule has 23 heavy (non-hydrogen) atoms. The van der Waals surface area contributed by atoms with Crippen LogP contribution in [0.4, 0.5) is 0 Å². The lowest BCUT2D eigenvalue weighted by atomic mass is 10.2. The summed E-state index contributed by atoms with van der Waals surface area (Å²) in [4.78, 5) is 18.6. The summed E-state index contributed by atoms with van der Waals surface area (Å²) in [6.07, 6.45) is 2.85. The predicted molar refractivity (Wildman–Crippen MR) is 82.7 cm³/mol. The van der Waals surface area contributed by atoms with Crippen LogP contribution in [0.15, 0.2) is 16.9 Å². The first-order valence-corrected chi connectivity index (χ1v) is 8.10. The smallest absolute Gasteiger partial charge is 0.276 e. The van der Waals surface area contributed by atoms with Gasteiger partial charge in [-0.25, -0.2) is 4.98 Å². The van der Waals surface area contributed by atoms with Crippen molar-refractivity contribution in [3.8, 4) is 0 Å². The Kier molecular flexibility index (Phi) is 4.47. The monoisotopic (exact) mass is 318 g/mol. The number of aromatic nitrogens is 3. The Morgan fingerprint density at radius 1 is 1.43 bits per heavy atom. The maximum Gasteiger partial charge on any atom is 0.276 e. The second kappa shape index (κ2) is 6.54. The van der Waals surface area contributed by atoms with Gasteiger partial charge >= 0.3 is 0 Å². The minimum atomic E-state index is -0.555. The van der Waals surface area contributed by atoms with Crippen molar-refractivity contribution in [3.05, 3.63) is 35.3 Å². The molecule has 3 rings (SSSR count). The van der Waals surface area contributed by atoms with Gasteiger partial charge in [0.15, 0.2) is 12.1 Å². The van der Waals surface area contributed by atoms with Crippen molar-refractivity contribution in [2.24, 2.45) is 0 Å². The first-order valence-electron chi connectivity index (χ1n) is 8.10. The molecule has 7 heteroatoms. The van der Waals surface area contributed by atoms with Crippen LogP contribution in [-0.2, 0) is 19.5 Å². The zero-order valence-corrected chi connectivity index (χ0v) is 13.5. The van der Waals surface area contributed by atoms with Crippen LogP contribution >= 0.6 is 0 Å². The normalized spacial score (nSPS) is 16.0. The lowest BCUT2D eigenvalue weighted by Crippen LogP contribution is -2.31. The molecule has 2 aromatic rings. The molecular weight excluding hydrogens is 296 g/mol. The van der Waals surface area contributed by atoms with E-state index in [-0.39, 0.29) is 5.91 Å². The topological polar surface area (TPSA) is 84.4 Å². The molecule has 0 fully saturated rings. The Morgan fingerprint density at radius 3 is 3.00 bits per heavy atom. The lowest BCUT2D eigenvalue weighted by Gasteiger charge is -2.19. The van der Waals surface area contributed by atoms with E-state index in [4.69, 9.17) is 4.42 Å². The highest BCUT2D eigenvalue weighted by atomic mass is 16.3. The van der Waals surface area contributed by atoms with Crippen molar-refractivity contribution in [2.45, 2.75) is 52.3 Å². The van der Waals surface area contributed by atoms with E-state index >= 15 is 0 Å². The standard InChI is InChI=1S/C16H22N4O3/c1-3-13(21)12-8-11-9-19(6-5-7-20(11)18-12)16(22)15-14(4-2)23-10-17-15/h8,10,13,21H,3-7,9H2,1-2H3/t13-/m0/s1. The van der Waals surface area contributed by atoms with Crippen molar-refractivity contribution < 1.29 is 14.3 Å². The SMILES string of the molecule is CCc1ocnc1C(=O)N1CCCn2nc([C@@H](O)CC)cc2C1. The van der Waals surface area contributed by atoms with Crippen LogP contribution in [0, 0.1) is 0 Å². The van der Waals surface area contributed by atoms with Gasteiger partial charge in [-0.05, 0) is 18.9 Å². The molecule has 0 bridgehead atoms. The van der Waals surface area contributed by atoms with Crippen LogP contribution in [0.5, 0.6) is 0 Å². The molecule has 1 aliphatic rings. The Hall–Kier alpha value is -2.15. The molecule has 1 aliphatic heterocycles. The lowest BCUT2D eigenvalue weighted by molar-refractivity contribution is 0.0738. The van der Waals surface area contributed by atoms with E-state index < -0.39 is 6.10 Å². The van der Waals surface area contributed by atoms with Gasteiger partial charge in [0, 0.05) is 19.5 Å². The average Bonchev–Trinajstić information content (AvgIpc) is 3.15. The number of carbonyl (C=O) groups excluding carboxylic acids is 1. The zero-order chi connectivity index (χ0) is 16.4. The number of aliphatic hydroxyl groups is 1. The molecule has 0 unspecified atom stereocenters. The molecule has 7 nitrogen and oxygen atoms in total.